The van der Waals surface area contributed by atoms with Crippen molar-refractivity contribution in [3.8, 4) is 0 Å². The van der Waals surface area contributed by atoms with Gasteiger partial charge in [-0.05, 0) is 85.7 Å². The van der Waals surface area contributed by atoms with Crippen LogP contribution in [-0.4, -0.2) is 33.7 Å². The number of nitrogens with one attached hydrogen (secondary N) is 1. The molecule has 0 bridgehead atoms. The van der Waals surface area contributed by atoms with Crippen LogP contribution in [0.15, 0.2) is 79.3 Å². The number of anilines is 2. The van der Waals surface area contributed by atoms with Gasteiger partial charge in [0, 0.05) is 62.0 Å². The second-order valence-corrected chi connectivity index (χ2v) is 9.57. The largest absolute Gasteiger partial charge is 0.378 e. The number of aromatic nitrogens is 3. The fourth-order valence-electron chi connectivity index (χ4n) is 4.91. The van der Waals surface area contributed by atoms with E-state index in [2.05, 4.69) is 81.0 Å². The highest BCUT2D eigenvalue weighted by Gasteiger charge is 2.42. The summed E-state index contributed by atoms with van der Waals surface area (Å²) in [5.41, 5.74) is 8.04. The van der Waals surface area contributed by atoms with Crippen LogP contribution in [0.4, 0.5) is 11.4 Å². The van der Waals surface area contributed by atoms with Crippen molar-refractivity contribution in [1.29, 1.82) is 0 Å². The van der Waals surface area contributed by atoms with E-state index in [1.165, 1.54) is 22.5 Å². The lowest BCUT2D eigenvalue weighted by molar-refractivity contribution is 0.563. The molecule has 4 aromatic rings. The average Bonchev–Trinajstić information content (AvgIpc) is 3.36. The summed E-state index contributed by atoms with van der Waals surface area (Å²) in [5, 5.41) is 4.28. The Kier molecular flexibility index (Phi) is 6.26. The van der Waals surface area contributed by atoms with Gasteiger partial charge in [-0.25, -0.2) is 0 Å². The van der Waals surface area contributed by atoms with Crippen LogP contribution in [0.25, 0.3) is 0 Å². The number of pyridine rings is 2. The van der Waals surface area contributed by atoms with Gasteiger partial charge in [0.05, 0.1) is 17.8 Å². The van der Waals surface area contributed by atoms with Crippen molar-refractivity contribution in [1.82, 2.24) is 19.9 Å². The van der Waals surface area contributed by atoms with E-state index in [-0.39, 0.29) is 12.1 Å². The normalized spacial score (nSPS) is 17.5. The van der Waals surface area contributed by atoms with Gasteiger partial charge >= 0.3 is 0 Å². The number of hydrogen-bond donors (Lipinski definition) is 1. The molecule has 1 aliphatic heterocycles. The predicted molar refractivity (Wildman–Crippen MR) is 146 cm³/mol. The topological polar surface area (TPSA) is 49.2 Å². The van der Waals surface area contributed by atoms with Gasteiger partial charge in [-0.15, -0.1) is 0 Å². The monoisotopic (exact) mass is 482 g/mol. The highest BCUT2D eigenvalue weighted by atomic mass is 32.1. The Bertz CT molecular complexity index is 1320. The summed E-state index contributed by atoms with van der Waals surface area (Å²) in [4.78, 5) is 13.3. The van der Waals surface area contributed by atoms with Gasteiger partial charge in [0.25, 0.3) is 0 Å². The third-order valence-electron chi connectivity index (χ3n) is 6.74. The lowest BCUT2D eigenvalue weighted by atomic mass is 9.96. The van der Waals surface area contributed by atoms with Crippen LogP contribution < -0.4 is 15.1 Å². The summed E-state index contributed by atoms with van der Waals surface area (Å²) in [6.07, 6.45) is 5.59. The van der Waals surface area contributed by atoms with E-state index >= 15 is 0 Å². The van der Waals surface area contributed by atoms with Crippen molar-refractivity contribution in [3.05, 3.63) is 107 Å². The molecule has 0 aliphatic carbocycles. The Morgan fingerprint density at radius 1 is 1.00 bits per heavy atom. The van der Waals surface area contributed by atoms with Gasteiger partial charge in [0.2, 0.25) is 0 Å². The van der Waals surface area contributed by atoms with E-state index in [0.29, 0.717) is 5.11 Å². The highest BCUT2D eigenvalue weighted by molar-refractivity contribution is 7.80. The molecule has 1 aromatic carbocycles. The molecule has 2 atom stereocenters. The molecule has 7 heteroatoms. The number of aryl methyl sites for hydroxylation is 1. The highest BCUT2D eigenvalue weighted by Crippen LogP contribution is 2.43. The lowest BCUT2D eigenvalue weighted by Crippen LogP contribution is -2.29. The van der Waals surface area contributed by atoms with E-state index in [9.17, 15) is 0 Å². The summed E-state index contributed by atoms with van der Waals surface area (Å²) in [6.45, 7) is 5.14. The molecule has 35 heavy (non-hydrogen) atoms. The van der Waals surface area contributed by atoms with Crippen LogP contribution in [-0.2, 0) is 6.54 Å². The van der Waals surface area contributed by atoms with Crippen LogP contribution in [0, 0.1) is 13.8 Å². The van der Waals surface area contributed by atoms with E-state index < -0.39 is 0 Å². The molecule has 1 N–H and O–H groups in total. The molecule has 0 spiro atoms. The Morgan fingerprint density at radius 3 is 2.46 bits per heavy atom. The number of rotatable bonds is 6. The van der Waals surface area contributed by atoms with E-state index in [1.807, 2.05) is 50.9 Å². The summed E-state index contributed by atoms with van der Waals surface area (Å²) in [5.74, 6) is 0. The third-order valence-corrected chi connectivity index (χ3v) is 7.05. The van der Waals surface area contributed by atoms with E-state index in [4.69, 9.17) is 17.2 Å². The second kappa shape index (κ2) is 9.50. The maximum Gasteiger partial charge on any atom is 0.174 e. The summed E-state index contributed by atoms with van der Waals surface area (Å²) >= 11 is 5.91. The zero-order chi connectivity index (χ0) is 24.5. The average molecular weight is 483 g/mol. The van der Waals surface area contributed by atoms with E-state index in [0.717, 1.165) is 23.6 Å². The minimum Gasteiger partial charge on any atom is -0.378 e. The first-order valence-corrected chi connectivity index (χ1v) is 12.2. The molecular weight excluding hydrogens is 452 g/mol. The minimum atomic E-state index is -0.0652. The summed E-state index contributed by atoms with van der Waals surface area (Å²) in [6, 6.07) is 20.9. The molecule has 4 heterocycles. The Morgan fingerprint density at radius 2 is 1.80 bits per heavy atom. The van der Waals surface area contributed by atoms with Crippen LogP contribution >= 0.6 is 12.2 Å². The molecule has 0 unspecified atom stereocenters. The quantitative estimate of drug-likeness (QED) is 0.382. The number of benzene rings is 1. The van der Waals surface area contributed by atoms with Gasteiger partial charge in [-0.2, -0.15) is 0 Å². The number of thiocarbonyl (C=S) groups is 1. The zero-order valence-electron chi connectivity index (χ0n) is 20.5. The van der Waals surface area contributed by atoms with Gasteiger partial charge in [-0.1, -0.05) is 12.1 Å². The molecule has 3 aromatic heterocycles. The van der Waals surface area contributed by atoms with Gasteiger partial charge in [0.15, 0.2) is 5.11 Å². The van der Waals surface area contributed by atoms with Gasteiger partial charge in [-0.3, -0.25) is 9.97 Å². The molecule has 1 fully saturated rings. The standard InChI is InChI=1S/C28H30N6S/c1-19-16-24(20(2)33(19)18-21-8-7-14-29-17-21)27-26(25-9-5-6-15-30-25)31-28(35)34(27)23-12-10-22(11-13-23)32(3)4/h5-17,26-27H,18H2,1-4H3,(H,31,35)/t26-,27+/m1/s1. The maximum atomic E-state index is 5.91. The third kappa shape index (κ3) is 4.39. The zero-order valence-corrected chi connectivity index (χ0v) is 21.3. The molecule has 1 aliphatic rings. The first kappa shape index (κ1) is 23.1. The molecule has 6 nitrogen and oxygen atoms in total. The molecule has 1 saturated heterocycles. The molecular formula is C28H30N6S. The number of nitrogens with zero attached hydrogens (tertiary/aromatic N) is 5. The smallest absolute Gasteiger partial charge is 0.174 e. The molecule has 0 radical (unpaired) electrons. The summed E-state index contributed by atoms with van der Waals surface area (Å²) < 4.78 is 2.36. The second-order valence-electron chi connectivity index (χ2n) is 9.18. The van der Waals surface area contributed by atoms with Gasteiger partial charge in [0.1, 0.15) is 0 Å². The van der Waals surface area contributed by atoms with Crippen molar-refractivity contribution >= 4 is 28.7 Å². The first-order chi connectivity index (χ1) is 16.9. The van der Waals surface area contributed by atoms with Crippen LogP contribution in [0.2, 0.25) is 0 Å². The van der Waals surface area contributed by atoms with Gasteiger partial charge < -0.3 is 19.7 Å². The van der Waals surface area contributed by atoms with Crippen molar-refractivity contribution in [2.75, 3.05) is 23.9 Å². The number of hydrogen-bond acceptors (Lipinski definition) is 4. The molecule has 178 valence electrons. The molecule has 5 rings (SSSR count). The Hall–Kier alpha value is -3.71. The van der Waals surface area contributed by atoms with Crippen molar-refractivity contribution in [3.63, 3.8) is 0 Å². The van der Waals surface area contributed by atoms with E-state index in [1.54, 1.807) is 0 Å². The molecule has 0 saturated carbocycles. The van der Waals surface area contributed by atoms with Crippen LogP contribution in [0.5, 0.6) is 0 Å². The Labute approximate surface area is 212 Å². The fraction of sp³-hybridized carbons (Fsp3) is 0.250. The minimum absolute atomic E-state index is 0.0311. The van der Waals surface area contributed by atoms with Crippen LogP contribution in [0.1, 0.15) is 40.3 Å². The fourth-order valence-corrected chi connectivity index (χ4v) is 5.25. The first-order valence-electron chi connectivity index (χ1n) is 11.8. The molecule has 0 amide bonds. The SMILES string of the molecule is Cc1cc([C@H]2[C@@H](c3ccccn3)NC(=S)N2c2ccc(N(C)C)cc2)c(C)n1Cc1cccnc1. The predicted octanol–water partition coefficient (Wildman–Crippen LogP) is 5.19. The van der Waals surface area contributed by atoms with Crippen molar-refractivity contribution < 1.29 is 0 Å². The maximum absolute atomic E-state index is 5.91. The Balaban J connectivity index is 1.60. The van der Waals surface area contributed by atoms with Crippen molar-refractivity contribution in [2.24, 2.45) is 0 Å². The van der Waals surface area contributed by atoms with Crippen molar-refractivity contribution in [2.45, 2.75) is 32.5 Å². The lowest BCUT2D eigenvalue weighted by Gasteiger charge is -2.28. The van der Waals surface area contributed by atoms with Crippen LogP contribution in [0.3, 0.4) is 0 Å². The summed E-state index contributed by atoms with van der Waals surface area (Å²) in [7, 11) is 4.10.